The normalized spacial score (nSPS) is 20.6. The van der Waals surface area contributed by atoms with E-state index in [1.807, 2.05) is 0 Å². The van der Waals surface area contributed by atoms with Gasteiger partial charge < -0.3 is 10.6 Å². The molecule has 2 rings (SSSR count). The molecule has 106 valence electrons. The van der Waals surface area contributed by atoms with Gasteiger partial charge in [0.05, 0.1) is 0 Å². The Morgan fingerprint density at radius 3 is 2.79 bits per heavy atom. The first kappa shape index (κ1) is 14.3. The third-order valence-corrected chi connectivity index (χ3v) is 5.43. The molecule has 1 unspecified atom stereocenters. The Kier molecular flexibility index (Phi) is 3.86. The SMILES string of the molecule is CS(=O)(=O)C1CSCCN1c1nc(N)c(F)cc1F. The van der Waals surface area contributed by atoms with Crippen LogP contribution in [0.15, 0.2) is 6.07 Å². The van der Waals surface area contributed by atoms with Crippen molar-refractivity contribution in [1.29, 1.82) is 0 Å². The van der Waals surface area contributed by atoms with Crippen molar-refractivity contribution in [3.8, 4) is 0 Å². The molecule has 9 heteroatoms. The lowest BCUT2D eigenvalue weighted by atomic mass is 10.3. The summed E-state index contributed by atoms with van der Waals surface area (Å²) in [6.45, 7) is 0.317. The van der Waals surface area contributed by atoms with Crippen molar-refractivity contribution in [2.75, 3.05) is 34.9 Å². The van der Waals surface area contributed by atoms with Gasteiger partial charge in [-0.3, -0.25) is 0 Å². The summed E-state index contributed by atoms with van der Waals surface area (Å²) in [6, 6.07) is 0.624. The molecule has 2 heterocycles. The predicted molar refractivity (Wildman–Crippen MR) is 71.9 cm³/mol. The van der Waals surface area contributed by atoms with E-state index in [0.29, 0.717) is 24.1 Å². The highest BCUT2D eigenvalue weighted by Gasteiger charge is 2.33. The highest BCUT2D eigenvalue weighted by atomic mass is 32.2. The number of anilines is 2. The number of aromatic nitrogens is 1. The first-order chi connectivity index (χ1) is 8.80. The lowest BCUT2D eigenvalue weighted by molar-refractivity contribution is 0.561. The summed E-state index contributed by atoms with van der Waals surface area (Å²) >= 11 is 1.47. The molecule has 0 amide bonds. The maximum atomic E-state index is 13.8. The molecular formula is C10H13F2N3O2S2. The van der Waals surface area contributed by atoms with Crippen LogP contribution in [0.25, 0.3) is 0 Å². The summed E-state index contributed by atoms with van der Waals surface area (Å²) in [5.74, 6) is -1.56. The molecule has 1 aliphatic rings. The number of nitrogens with zero attached hydrogens (tertiary/aromatic N) is 2. The molecule has 19 heavy (non-hydrogen) atoms. The zero-order valence-corrected chi connectivity index (χ0v) is 11.8. The maximum absolute atomic E-state index is 13.8. The largest absolute Gasteiger partial charge is 0.381 e. The predicted octanol–water partition coefficient (Wildman–Crippen LogP) is 0.866. The average Bonchev–Trinajstić information content (AvgIpc) is 2.33. The minimum absolute atomic E-state index is 0.213. The van der Waals surface area contributed by atoms with E-state index in [0.717, 1.165) is 6.26 Å². The molecule has 1 aromatic heterocycles. The number of pyridine rings is 1. The Morgan fingerprint density at radius 2 is 2.16 bits per heavy atom. The number of rotatable bonds is 2. The highest BCUT2D eigenvalue weighted by molar-refractivity contribution is 8.01. The molecule has 0 aromatic carbocycles. The van der Waals surface area contributed by atoms with Crippen LogP contribution in [0.5, 0.6) is 0 Å². The van der Waals surface area contributed by atoms with E-state index in [1.165, 1.54) is 16.7 Å². The van der Waals surface area contributed by atoms with Crippen LogP contribution in [-0.4, -0.2) is 43.1 Å². The van der Waals surface area contributed by atoms with Crippen molar-refractivity contribution in [1.82, 2.24) is 4.98 Å². The highest BCUT2D eigenvalue weighted by Crippen LogP contribution is 2.28. The van der Waals surface area contributed by atoms with E-state index in [1.54, 1.807) is 0 Å². The van der Waals surface area contributed by atoms with Crippen LogP contribution in [0.2, 0.25) is 0 Å². The van der Waals surface area contributed by atoms with E-state index < -0.39 is 32.7 Å². The van der Waals surface area contributed by atoms with Gasteiger partial charge in [0.2, 0.25) is 0 Å². The van der Waals surface area contributed by atoms with Gasteiger partial charge in [0.15, 0.2) is 33.1 Å². The number of hydrogen-bond acceptors (Lipinski definition) is 6. The Hall–Kier alpha value is -1.09. The smallest absolute Gasteiger partial charge is 0.169 e. The van der Waals surface area contributed by atoms with E-state index in [2.05, 4.69) is 4.98 Å². The summed E-state index contributed by atoms with van der Waals surface area (Å²) in [6.07, 6.45) is 1.08. The molecule has 1 fully saturated rings. The summed E-state index contributed by atoms with van der Waals surface area (Å²) in [5, 5.41) is -0.877. The van der Waals surface area contributed by atoms with Crippen LogP contribution in [0.1, 0.15) is 0 Å². The van der Waals surface area contributed by atoms with Gasteiger partial charge in [0.25, 0.3) is 0 Å². The first-order valence-corrected chi connectivity index (χ1v) is 8.56. The van der Waals surface area contributed by atoms with Crippen LogP contribution < -0.4 is 10.6 Å². The van der Waals surface area contributed by atoms with Gasteiger partial charge in [-0.2, -0.15) is 11.8 Å². The third kappa shape index (κ3) is 2.92. The minimum atomic E-state index is -3.40. The molecule has 0 spiro atoms. The second-order valence-electron chi connectivity index (χ2n) is 4.21. The molecule has 0 bridgehead atoms. The molecule has 0 saturated carbocycles. The zero-order valence-electron chi connectivity index (χ0n) is 10.1. The summed E-state index contributed by atoms with van der Waals surface area (Å²) in [5.41, 5.74) is 5.32. The van der Waals surface area contributed by atoms with E-state index in [4.69, 9.17) is 5.73 Å². The molecule has 5 nitrogen and oxygen atoms in total. The van der Waals surface area contributed by atoms with Gasteiger partial charge >= 0.3 is 0 Å². The van der Waals surface area contributed by atoms with Crippen LogP contribution in [0, 0.1) is 11.6 Å². The number of halogens is 2. The van der Waals surface area contributed by atoms with Gasteiger partial charge in [-0.05, 0) is 0 Å². The van der Waals surface area contributed by atoms with Crippen LogP contribution in [-0.2, 0) is 9.84 Å². The molecule has 1 saturated heterocycles. The van der Waals surface area contributed by atoms with Crippen molar-refractivity contribution < 1.29 is 17.2 Å². The Balaban J connectivity index is 2.46. The number of hydrogen-bond donors (Lipinski definition) is 1. The Bertz CT molecular complexity index is 595. The van der Waals surface area contributed by atoms with Crippen molar-refractivity contribution in [2.45, 2.75) is 5.37 Å². The number of nitrogens with two attached hydrogens (primary N) is 1. The fourth-order valence-electron chi connectivity index (χ4n) is 1.85. The quantitative estimate of drug-likeness (QED) is 0.873. The van der Waals surface area contributed by atoms with Crippen LogP contribution >= 0.6 is 11.8 Å². The monoisotopic (exact) mass is 309 g/mol. The number of thioether (sulfide) groups is 1. The lowest BCUT2D eigenvalue weighted by Gasteiger charge is -2.35. The second kappa shape index (κ2) is 5.12. The second-order valence-corrected chi connectivity index (χ2v) is 7.57. The summed E-state index contributed by atoms with van der Waals surface area (Å²) in [4.78, 5) is 4.97. The molecular weight excluding hydrogens is 296 g/mol. The molecule has 1 aromatic rings. The van der Waals surface area contributed by atoms with E-state index >= 15 is 0 Å². The van der Waals surface area contributed by atoms with E-state index in [-0.39, 0.29) is 5.82 Å². The van der Waals surface area contributed by atoms with Gasteiger partial charge in [-0.25, -0.2) is 22.2 Å². The summed E-state index contributed by atoms with van der Waals surface area (Å²) in [7, 11) is -3.40. The molecule has 0 aliphatic carbocycles. The molecule has 0 radical (unpaired) electrons. The maximum Gasteiger partial charge on any atom is 0.169 e. The van der Waals surface area contributed by atoms with Crippen molar-refractivity contribution in [2.24, 2.45) is 0 Å². The first-order valence-electron chi connectivity index (χ1n) is 5.45. The minimum Gasteiger partial charge on any atom is -0.381 e. The molecule has 1 atom stereocenters. The average molecular weight is 309 g/mol. The van der Waals surface area contributed by atoms with Gasteiger partial charge in [0.1, 0.15) is 5.37 Å². The van der Waals surface area contributed by atoms with Gasteiger partial charge in [-0.15, -0.1) is 0 Å². The zero-order chi connectivity index (χ0) is 14.2. The summed E-state index contributed by atoms with van der Waals surface area (Å²) < 4.78 is 50.3. The van der Waals surface area contributed by atoms with Crippen molar-refractivity contribution >= 4 is 33.2 Å². The lowest BCUT2D eigenvalue weighted by Crippen LogP contribution is -2.47. The van der Waals surface area contributed by atoms with Crippen LogP contribution in [0.3, 0.4) is 0 Å². The number of nitrogen functional groups attached to an aromatic ring is 1. The van der Waals surface area contributed by atoms with Crippen molar-refractivity contribution in [3.05, 3.63) is 17.7 Å². The standard InChI is InChI=1S/C10H13F2N3O2S2/c1-19(16,17)8-5-18-3-2-15(8)10-7(12)4-6(11)9(13)14-10/h4,8H,2-3,5H2,1H3,(H2,13,14). The van der Waals surface area contributed by atoms with Crippen LogP contribution in [0.4, 0.5) is 20.4 Å². The third-order valence-electron chi connectivity index (χ3n) is 2.79. The van der Waals surface area contributed by atoms with Gasteiger partial charge in [-0.1, -0.05) is 0 Å². The van der Waals surface area contributed by atoms with E-state index in [9.17, 15) is 17.2 Å². The Labute approximate surface area is 114 Å². The fraction of sp³-hybridized carbons (Fsp3) is 0.500. The van der Waals surface area contributed by atoms with Crippen molar-refractivity contribution in [3.63, 3.8) is 0 Å². The molecule has 2 N–H and O–H groups in total. The van der Waals surface area contributed by atoms with Gasteiger partial charge in [0, 0.05) is 30.4 Å². The topological polar surface area (TPSA) is 76.3 Å². The molecule has 1 aliphatic heterocycles. The number of sulfone groups is 1. The Morgan fingerprint density at radius 1 is 1.47 bits per heavy atom. The fourth-order valence-corrected chi connectivity index (χ4v) is 4.67.